The quantitative estimate of drug-likeness (QED) is 0.813. The number of methoxy groups -OCH3 is 1. The van der Waals surface area contributed by atoms with Crippen molar-refractivity contribution in [3.63, 3.8) is 0 Å². The van der Waals surface area contributed by atoms with E-state index in [2.05, 4.69) is 4.98 Å². The van der Waals surface area contributed by atoms with E-state index in [4.69, 9.17) is 10.5 Å². The second-order valence-electron chi connectivity index (χ2n) is 4.69. The summed E-state index contributed by atoms with van der Waals surface area (Å²) >= 11 is 0. The highest BCUT2D eigenvalue weighted by atomic mass is 35.5. The van der Waals surface area contributed by atoms with Crippen molar-refractivity contribution in [3.8, 4) is 5.88 Å². The fourth-order valence-electron chi connectivity index (χ4n) is 2.11. The number of hydrogen-bond donors (Lipinski definition) is 1. The van der Waals surface area contributed by atoms with Crippen LogP contribution in [0.2, 0.25) is 0 Å². The van der Waals surface area contributed by atoms with Crippen molar-refractivity contribution in [1.82, 2.24) is 4.98 Å². The van der Waals surface area contributed by atoms with Gasteiger partial charge >= 0.3 is 0 Å². The van der Waals surface area contributed by atoms with Gasteiger partial charge in [0.05, 0.1) is 23.9 Å². The Kier molecular flexibility index (Phi) is 9.06. The molecule has 134 valence electrons. The van der Waals surface area contributed by atoms with Gasteiger partial charge in [0.15, 0.2) is 0 Å². The van der Waals surface area contributed by atoms with Crippen molar-refractivity contribution in [1.29, 1.82) is 0 Å². The Morgan fingerprint density at radius 1 is 1.17 bits per heavy atom. The summed E-state index contributed by atoms with van der Waals surface area (Å²) < 4.78 is 32.1. The van der Waals surface area contributed by atoms with Crippen molar-refractivity contribution < 1.29 is 13.2 Å². The summed E-state index contributed by atoms with van der Waals surface area (Å²) in [6.07, 6.45) is 1.46. The molecule has 0 atom stereocenters. The zero-order chi connectivity index (χ0) is 16.2. The van der Waals surface area contributed by atoms with Crippen LogP contribution in [-0.2, 0) is 10.0 Å². The number of halogens is 2. The molecule has 0 amide bonds. The van der Waals surface area contributed by atoms with Crippen LogP contribution >= 0.6 is 24.8 Å². The van der Waals surface area contributed by atoms with Crippen molar-refractivity contribution in [2.45, 2.75) is 11.8 Å². The number of rotatable bonds is 6. The van der Waals surface area contributed by atoms with Gasteiger partial charge in [0, 0.05) is 19.2 Å². The number of aromatic nitrogens is 1. The molecule has 1 aromatic carbocycles. The van der Waals surface area contributed by atoms with E-state index in [0.717, 1.165) is 0 Å². The van der Waals surface area contributed by atoms with Crippen molar-refractivity contribution in [2.24, 2.45) is 5.73 Å². The van der Waals surface area contributed by atoms with Gasteiger partial charge in [0.1, 0.15) is 0 Å². The van der Waals surface area contributed by atoms with Gasteiger partial charge in [-0.2, -0.15) is 0 Å². The highest BCUT2D eigenvalue weighted by molar-refractivity contribution is 7.92. The number of nitrogens with zero attached hydrogens (tertiary/aromatic N) is 2. The smallest absolute Gasteiger partial charge is 0.264 e. The summed E-state index contributed by atoms with van der Waals surface area (Å²) in [4.78, 5) is 4.32. The predicted octanol–water partition coefficient (Wildman–Crippen LogP) is 2.40. The van der Waals surface area contributed by atoms with E-state index >= 15 is 0 Å². The lowest BCUT2D eigenvalue weighted by molar-refractivity contribution is 0.398. The molecule has 0 unspecified atom stereocenters. The van der Waals surface area contributed by atoms with Crippen LogP contribution in [0.1, 0.15) is 5.56 Å². The number of aryl methyl sites for hydroxylation is 1. The maximum absolute atomic E-state index is 12.9. The maximum Gasteiger partial charge on any atom is 0.264 e. The van der Waals surface area contributed by atoms with Gasteiger partial charge in [-0.1, -0.05) is 18.2 Å². The summed E-state index contributed by atoms with van der Waals surface area (Å²) in [7, 11) is -2.19. The minimum Gasteiger partial charge on any atom is -0.481 e. The SMILES string of the molecule is COc1ccc(N(CCN)S(=O)(=O)c2ccccc2C)cn1.Cl.Cl. The summed E-state index contributed by atoms with van der Waals surface area (Å²) in [5.74, 6) is 0.421. The number of ether oxygens (including phenoxy) is 1. The molecule has 9 heteroatoms. The molecule has 0 bridgehead atoms. The van der Waals surface area contributed by atoms with Gasteiger partial charge in [-0.15, -0.1) is 24.8 Å². The average Bonchev–Trinajstić information content (AvgIpc) is 2.53. The molecule has 0 aliphatic rings. The van der Waals surface area contributed by atoms with E-state index in [0.29, 0.717) is 17.1 Å². The molecule has 0 aliphatic carbocycles. The minimum atomic E-state index is -3.69. The van der Waals surface area contributed by atoms with E-state index in [1.807, 2.05) is 0 Å². The molecule has 6 nitrogen and oxygen atoms in total. The van der Waals surface area contributed by atoms with E-state index in [-0.39, 0.29) is 42.8 Å². The first-order valence-electron chi connectivity index (χ1n) is 6.79. The number of pyridine rings is 1. The highest BCUT2D eigenvalue weighted by Crippen LogP contribution is 2.25. The summed E-state index contributed by atoms with van der Waals surface area (Å²) in [5, 5.41) is 0. The lowest BCUT2D eigenvalue weighted by Gasteiger charge is -2.24. The third kappa shape index (κ3) is 4.73. The first-order chi connectivity index (χ1) is 10.5. The van der Waals surface area contributed by atoms with E-state index in [9.17, 15) is 8.42 Å². The van der Waals surface area contributed by atoms with Gasteiger partial charge < -0.3 is 10.5 Å². The Labute approximate surface area is 154 Å². The fraction of sp³-hybridized carbons (Fsp3) is 0.267. The lowest BCUT2D eigenvalue weighted by Crippen LogP contribution is -2.35. The molecule has 24 heavy (non-hydrogen) atoms. The van der Waals surface area contributed by atoms with E-state index in [1.165, 1.54) is 17.6 Å². The lowest BCUT2D eigenvalue weighted by atomic mass is 10.2. The summed E-state index contributed by atoms with van der Waals surface area (Å²) in [6, 6.07) is 10.1. The van der Waals surface area contributed by atoms with Crippen molar-refractivity contribution >= 4 is 40.5 Å². The van der Waals surface area contributed by atoms with Crippen LogP contribution in [0.25, 0.3) is 0 Å². The number of hydrogen-bond acceptors (Lipinski definition) is 5. The van der Waals surface area contributed by atoms with Crippen molar-refractivity contribution in [3.05, 3.63) is 48.2 Å². The second-order valence-corrected chi connectivity index (χ2v) is 6.52. The Hall–Kier alpha value is -1.54. The third-order valence-corrected chi connectivity index (χ3v) is 5.20. The molecule has 0 saturated heterocycles. The van der Waals surface area contributed by atoms with Crippen LogP contribution in [-0.4, -0.2) is 33.6 Å². The zero-order valence-electron chi connectivity index (χ0n) is 13.4. The topological polar surface area (TPSA) is 85.5 Å². The first-order valence-corrected chi connectivity index (χ1v) is 8.23. The highest BCUT2D eigenvalue weighted by Gasteiger charge is 2.26. The molecule has 1 heterocycles. The first kappa shape index (κ1) is 22.5. The Morgan fingerprint density at radius 3 is 2.33 bits per heavy atom. The van der Waals surface area contributed by atoms with E-state index < -0.39 is 10.0 Å². The molecule has 0 spiro atoms. The molecule has 0 aliphatic heterocycles. The van der Waals surface area contributed by atoms with Crippen molar-refractivity contribution in [2.75, 3.05) is 24.5 Å². The average molecular weight is 394 g/mol. The van der Waals surface area contributed by atoms with Crippen LogP contribution in [0.3, 0.4) is 0 Å². The zero-order valence-corrected chi connectivity index (χ0v) is 15.8. The van der Waals surface area contributed by atoms with Crippen LogP contribution in [0.4, 0.5) is 5.69 Å². The van der Waals surface area contributed by atoms with Crippen LogP contribution in [0.5, 0.6) is 5.88 Å². The van der Waals surface area contributed by atoms with Crippen LogP contribution < -0.4 is 14.8 Å². The number of nitrogens with two attached hydrogens (primary N) is 1. The normalized spacial score (nSPS) is 10.3. The number of benzene rings is 1. The molecule has 2 N–H and O–H groups in total. The molecule has 1 aromatic heterocycles. The van der Waals surface area contributed by atoms with E-state index in [1.54, 1.807) is 43.3 Å². The van der Waals surface area contributed by atoms with Gasteiger partial charge in [0.25, 0.3) is 10.0 Å². The third-order valence-electron chi connectivity index (χ3n) is 3.21. The number of sulfonamides is 1. The maximum atomic E-state index is 12.9. The fourth-order valence-corrected chi connectivity index (χ4v) is 3.80. The molecule has 0 fully saturated rings. The molecule has 0 saturated carbocycles. The van der Waals surface area contributed by atoms with Gasteiger partial charge in [-0.25, -0.2) is 13.4 Å². The Balaban J connectivity index is 0.00000264. The van der Waals surface area contributed by atoms with Crippen LogP contribution in [0.15, 0.2) is 47.5 Å². The minimum absolute atomic E-state index is 0. The molecular formula is C15H21Cl2N3O3S. The Morgan fingerprint density at radius 2 is 1.83 bits per heavy atom. The van der Waals surface area contributed by atoms with Gasteiger partial charge in [-0.3, -0.25) is 4.31 Å². The van der Waals surface area contributed by atoms with Gasteiger partial charge in [0.2, 0.25) is 5.88 Å². The largest absolute Gasteiger partial charge is 0.481 e. The molecular weight excluding hydrogens is 373 g/mol. The molecule has 0 radical (unpaired) electrons. The summed E-state index contributed by atoms with van der Waals surface area (Å²) in [6.45, 7) is 2.14. The number of anilines is 1. The van der Waals surface area contributed by atoms with Gasteiger partial charge in [-0.05, 0) is 24.6 Å². The summed E-state index contributed by atoms with van der Waals surface area (Å²) in [5.41, 5.74) is 6.72. The Bertz CT molecular complexity index is 740. The second kappa shape index (κ2) is 9.68. The standard InChI is InChI=1S/C15H19N3O3S.2ClH/c1-12-5-3-4-6-14(12)22(19,20)18(10-9-16)13-7-8-15(21-2)17-11-13;;/h3-8,11H,9-10,16H2,1-2H3;2*1H. The molecule has 2 rings (SSSR count). The monoisotopic (exact) mass is 393 g/mol. The predicted molar refractivity (Wildman–Crippen MR) is 100 cm³/mol. The van der Waals surface area contributed by atoms with Crippen LogP contribution in [0, 0.1) is 6.92 Å². The molecule has 2 aromatic rings.